The van der Waals surface area contributed by atoms with E-state index in [4.69, 9.17) is 27.6 Å². The first-order valence-electron chi connectivity index (χ1n) is 10.1. The van der Waals surface area contributed by atoms with Crippen LogP contribution in [0.2, 0.25) is 10.0 Å². The molecular weight excluding hydrogens is 504 g/mol. The molecule has 2 aromatic carbocycles. The van der Waals surface area contributed by atoms with Gasteiger partial charge in [0.15, 0.2) is 0 Å². The van der Waals surface area contributed by atoms with Gasteiger partial charge in [0.25, 0.3) is 11.7 Å². The molecule has 0 aliphatic heterocycles. The first kappa shape index (κ1) is 23.1. The fourth-order valence-electron chi connectivity index (χ4n) is 3.82. The fraction of sp³-hybridized carbons (Fsp3) is 0.0833. The minimum atomic E-state index is -4.88. The molecule has 0 aliphatic carbocycles. The van der Waals surface area contributed by atoms with Crippen molar-refractivity contribution in [2.45, 2.75) is 12.7 Å². The molecule has 0 aliphatic rings. The number of pyridine rings is 1. The molecule has 35 heavy (non-hydrogen) atoms. The van der Waals surface area contributed by atoms with Crippen LogP contribution in [0.3, 0.4) is 0 Å². The lowest BCUT2D eigenvalue weighted by Gasteiger charge is -2.14. The molecule has 0 bridgehead atoms. The van der Waals surface area contributed by atoms with E-state index in [0.29, 0.717) is 16.1 Å². The molecule has 5 rings (SSSR count). The van der Waals surface area contributed by atoms with Gasteiger partial charge in [-0.3, -0.25) is 9.78 Å². The van der Waals surface area contributed by atoms with Gasteiger partial charge in [-0.2, -0.15) is 13.2 Å². The zero-order chi connectivity index (χ0) is 24.7. The van der Waals surface area contributed by atoms with Crippen LogP contribution in [0.15, 0.2) is 71.4 Å². The van der Waals surface area contributed by atoms with Gasteiger partial charge in [0.05, 0.1) is 11.1 Å². The number of carbonyl (C=O) groups excluding carboxylic acids is 1. The van der Waals surface area contributed by atoms with Gasteiger partial charge in [-0.05, 0) is 48.0 Å². The SMILES string of the molecule is O=C(c1nnc(-c2cccnc2)o1)c1c(C(F)(F)F)n(Cc2ccc(Cl)cc2)c2ccc(Cl)cc12. The first-order valence-corrected chi connectivity index (χ1v) is 10.9. The number of alkyl halides is 3. The quantitative estimate of drug-likeness (QED) is 0.243. The Labute approximate surface area is 205 Å². The number of benzene rings is 2. The third kappa shape index (κ3) is 4.40. The van der Waals surface area contributed by atoms with Crippen LogP contribution in [0.1, 0.15) is 27.5 Å². The summed E-state index contributed by atoms with van der Waals surface area (Å²) in [6.07, 6.45) is -1.92. The van der Waals surface area contributed by atoms with Crippen LogP contribution in [-0.4, -0.2) is 25.5 Å². The first-order chi connectivity index (χ1) is 16.7. The molecule has 0 saturated carbocycles. The van der Waals surface area contributed by atoms with Crippen molar-refractivity contribution in [2.24, 2.45) is 0 Å². The summed E-state index contributed by atoms with van der Waals surface area (Å²) in [5, 5.41) is 8.15. The predicted molar refractivity (Wildman–Crippen MR) is 123 cm³/mol. The van der Waals surface area contributed by atoms with Crippen molar-refractivity contribution >= 4 is 39.9 Å². The number of carbonyl (C=O) groups is 1. The highest BCUT2D eigenvalue weighted by molar-refractivity contribution is 6.32. The van der Waals surface area contributed by atoms with Crippen LogP contribution >= 0.6 is 23.2 Å². The smallest absolute Gasteiger partial charge is 0.413 e. The average molecular weight is 517 g/mol. The van der Waals surface area contributed by atoms with E-state index in [1.54, 1.807) is 36.4 Å². The van der Waals surface area contributed by atoms with E-state index in [1.807, 2.05) is 0 Å². The van der Waals surface area contributed by atoms with E-state index >= 15 is 0 Å². The Morgan fingerprint density at radius 3 is 2.43 bits per heavy atom. The van der Waals surface area contributed by atoms with Gasteiger partial charge in [0.1, 0.15) is 5.69 Å². The Kier molecular flexibility index (Phi) is 5.82. The van der Waals surface area contributed by atoms with Crippen molar-refractivity contribution in [3.63, 3.8) is 0 Å². The number of hydrogen-bond acceptors (Lipinski definition) is 5. The third-order valence-corrected chi connectivity index (χ3v) is 5.79. The van der Waals surface area contributed by atoms with Crippen LogP contribution in [-0.2, 0) is 12.7 Å². The molecule has 0 fully saturated rings. The number of fused-ring (bicyclic) bond motifs is 1. The van der Waals surface area contributed by atoms with Gasteiger partial charge >= 0.3 is 6.18 Å². The molecule has 3 aromatic heterocycles. The van der Waals surface area contributed by atoms with Crippen molar-refractivity contribution in [2.75, 3.05) is 0 Å². The molecule has 3 heterocycles. The van der Waals surface area contributed by atoms with Crippen LogP contribution in [0.25, 0.3) is 22.4 Å². The number of nitrogens with zero attached hydrogens (tertiary/aromatic N) is 4. The van der Waals surface area contributed by atoms with Crippen LogP contribution in [0.5, 0.6) is 0 Å². The lowest BCUT2D eigenvalue weighted by Crippen LogP contribution is -2.19. The number of halogens is 5. The van der Waals surface area contributed by atoms with Crippen LogP contribution in [0.4, 0.5) is 13.2 Å². The summed E-state index contributed by atoms with van der Waals surface area (Å²) in [5.41, 5.74) is -0.612. The van der Waals surface area contributed by atoms with E-state index in [9.17, 15) is 18.0 Å². The Morgan fingerprint density at radius 1 is 1.00 bits per heavy atom. The van der Waals surface area contributed by atoms with Crippen molar-refractivity contribution in [1.29, 1.82) is 0 Å². The summed E-state index contributed by atoms with van der Waals surface area (Å²) in [5.74, 6) is -1.69. The topological polar surface area (TPSA) is 73.8 Å². The summed E-state index contributed by atoms with van der Waals surface area (Å²) in [6.45, 7) is -0.164. The van der Waals surface area contributed by atoms with Crippen molar-refractivity contribution in [3.8, 4) is 11.5 Å². The van der Waals surface area contributed by atoms with Crippen LogP contribution in [0, 0.1) is 0 Å². The highest BCUT2D eigenvalue weighted by Crippen LogP contribution is 2.40. The average Bonchev–Trinajstić information content (AvgIpc) is 3.44. The van der Waals surface area contributed by atoms with Gasteiger partial charge in [-0.1, -0.05) is 35.3 Å². The summed E-state index contributed by atoms with van der Waals surface area (Å²) < 4.78 is 49.8. The second kappa shape index (κ2) is 8.83. The predicted octanol–water partition coefficient (Wildman–Crippen LogP) is 6.69. The standard InChI is InChI=1S/C24H13Cl2F3N4O2/c25-15-5-3-13(4-6-15)12-33-18-8-7-16(26)10-17(18)19(21(33)24(27,28)29)20(34)23-32-31-22(35-23)14-2-1-9-30-11-14/h1-11H,12H2. The van der Waals surface area contributed by atoms with Crippen molar-refractivity contribution < 1.29 is 22.4 Å². The highest BCUT2D eigenvalue weighted by atomic mass is 35.5. The maximum absolute atomic E-state index is 14.5. The van der Waals surface area contributed by atoms with Crippen molar-refractivity contribution in [3.05, 3.63) is 99.7 Å². The fourth-order valence-corrected chi connectivity index (χ4v) is 4.11. The minimum absolute atomic E-state index is 0.0184. The third-order valence-electron chi connectivity index (χ3n) is 5.30. The molecule has 0 radical (unpaired) electrons. The minimum Gasteiger partial charge on any atom is -0.413 e. The highest BCUT2D eigenvalue weighted by Gasteiger charge is 2.42. The molecule has 0 spiro atoms. The summed E-state index contributed by atoms with van der Waals surface area (Å²) in [6, 6.07) is 13.8. The zero-order valence-electron chi connectivity index (χ0n) is 17.6. The summed E-state index contributed by atoms with van der Waals surface area (Å²) in [4.78, 5) is 17.3. The Hall–Kier alpha value is -3.69. The Bertz CT molecular complexity index is 1550. The molecule has 176 valence electrons. The molecule has 5 aromatic rings. The van der Waals surface area contributed by atoms with Gasteiger partial charge in [0.2, 0.25) is 5.89 Å². The largest absolute Gasteiger partial charge is 0.432 e. The number of aromatic nitrogens is 4. The van der Waals surface area contributed by atoms with Crippen LogP contribution < -0.4 is 0 Å². The van der Waals surface area contributed by atoms with Gasteiger partial charge in [-0.25, -0.2) is 0 Å². The molecule has 0 saturated heterocycles. The molecule has 0 amide bonds. The lowest BCUT2D eigenvalue weighted by molar-refractivity contribution is -0.143. The monoisotopic (exact) mass is 516 g/mol. The molecule has 0 atom stereocenters. The van der Waals surface area contributed by atoms with Crippen molar-refractivity contribution in [1.82, 2.24) is 19.7 Å². The second-order valence-corrected chi connectivity index (χ2v) is 8.45. The maximum Gasteiger partial charge on any atom is 0.432 e. The maximum atomic E-state index is 14.5. The number of hydrogen-bond donors (Lipinski definition) is 0. The second-order valence-electron chi connectivity index (χ2n) is 7.58. The zero-order valence-corrected chi connectivity index (χ0v) is 19.1. The molecule has 0 N–H and O–H groups in total. The van der Waals surface area contributed by atoms with Gasteiger partial charge in [-0.15, -0.1) is 10.2 Å². The lowest BCUT2D eigenvalue weighted by atomic mass is 10.1. The molecular formula is C24H13Cl2F3N4O2. The Morgan fingerprint density at radius 2 is 1.74 bits per heavy atom. The Balaban J connectivity index is 1.70. The van der Waals surface area contributed by atoms with Gasteiger partial charge in [0, 0.05) is 39.9 Å². The van der Waals surface area contributed by atoms with E-state index in [2.05, 4.69) is 15.2 Å². The van der Waals surface area contributed by atoms with E-state index in [1.165, 1.54) is 30.6 Å². The molecule has 0 unspecified atom stereocenters. The number of ketones is 1. The summed E-state index contributed by atoms with van der Waals surface area (Å²) >= 11 is 12.0. The van der Waals surface area contributed by atoms with Gasteiger partial charge < -0.3 is 8.98 Å². The van der Waals surface area contributed by atoms with E-state index in [-0.39, 0.29) is 28.4 Å². The normalized spacial score (nSPS) is 11.8. The molecule has 6 nitrogen and oxygen atoms in total. The summed E-state index contributed by atoms with van der Waals surface area (Å²) in [7, 11) is 0. The number of rotatable bonds is 5. The van der Waals surface area contributed by atoms with E-state index in [0.717, 1.165) is 4.57 Å². The molecule has 11 heteroatoms. The van der Waals surface area contributed by atoms with E-state index < -0.39 is 29.1 Å².